The molecule has 0 aromatic heterocycles. The fourth-order valence-corrected chi connectivity index (χ4v) is 2.93. The van der Waals surface area contributed by atoms with Crippen molar-refractivity contribution in [3.63, 3.8) is 0 Å². The standard InChI is InChI=1S/C16H14ClF2NOS/c1-10(16(21)20-15-5-3-2-4-14(15)19)22-9-11-6-7-12(18)8-13(11)17/h2-8,10H,9H2,1H3,(H,20,21)/t10-/m0/s1. The number of thioether (sulfide) groups is 1. The molecule has 0 saturated heterocycles. The molecule has 2 rings (SSSR count). The summed E-state index contributed by atoms with van der Waals surface area (Å²) in [4.78, 5) is 12.0. The lowest BCUT2D eigenvalue weighted by Gasteiger charge is -2.13. The molecule has 0 aliphatic rings. The number of rotatable bonds is 5. The number of halogens is 3. The van der Waals surface area contributed by atoms with Crippen molar-refractivity contribution in [1.82, 2.24) is 0 Å². The number of para-hydroxylation sites is 1. The third kappa shape index (κ3) is 4.45. The number of carbonyl (C=O) groups is 1. The van der Waals surface area contributed by atoms with Gasteiger partial charge in [0.05, 0.1) is 10.9 Å². The van der Waals surface area contributed by atoms with Crippen LogP contribution in [0.3, 0.4) is 0 Å². The van der Waals surface area contributed by atoms with Crippen LogP contribution in [0.5, 0.6) is 0 Å². The Morgan fingerprint density at radius 3 is 2.68 bits per heavy atom. The Morgan fingerprint density at radius 1 is 1.27 bits per heavy atom. The van der Waals surface area contributed by atoms with Gasteiger partial charge < -0.3 is 5.32 Å². The van der Waals surface area contributed by atoms with Crippen LogP contribution in [0.15, 0.2) is 42.5 Å². The van der Waals surface area contributed by atoms with Crippen LogP contribution in [0.2, 0.25) is 5.02 Å². The van der Waals surface area contributed by atoms with Gasteiger partial charge in [-0.25, -0.2) is 8.78 Å². The first kappa shape index (κ1) is 16.8. The Labute approximate surface area is 136 Å². The Hall–Kier alpha value is -1.59. The largest absolute Gasteiger partial charge is 0.323 e. The minimum Gasteiger partial charge on any atom is -0.323 e. The molecule has 22 heavy (non-hydrogen) atoms. The highest BCUT2D eigenvalue weighted by Gasteiger charge is 2.16. The molecule has 1 amide bonds. The lowest BCUT2D eigenvalue weighted by Crippen LogP contribution is -2.23. The maximum Gasteiger partial charge on any atom is 0.237 e. The summed E-state index contributed by atoms with van der Waals surface area (Å²) in [6.45, 7) is 1.72. The second-order valence-corrected chi connectivity index (χ2v) is 6.39. The molecule has 0 unspecified atom stereocenters. The van der Waals surface area contributed by atoms with Crippen LogP contribution in [0.4, 0.5) is 14.5 Å². The van der Waals surface area contributed by atoms with Crippen LogP contribution in [0.25, 0.3) is 0 Å². The van der Waals surface area contributed by atoms with E-state index in [2.05, 4.69) is 5.32 Å². The van der Waals surface area contributed by atoms with Crippen LogP contribution >= 0.6 is 23.4 Å². The zero-order chi connectivity index (χ0) is 16.1. The number of amides is 1. The van der Waals surface area contributed by atoms with Crippen LogP contribution < -0.4 is 5.32 Å². The van der Waals surface area contributed by atoms with Crippen molar-refractivity contribution in [2.75, 3.05) is 5.32 Å². The SMILES string of the molecule is C[C@H](SCc1ccc(F)cc1Cl)C(=O)Nc1ccccc1F. The Morgan fingerprint density at radius 2 is 2.00 bits per heavy atom. The summed E-state index contributed by atoms with van der Waals surface area (Å²) < 4.78 is 26.4. The minimum atomic E-state index is -0.477. The van der Waals surface area contributed by atoms with E-state index < -0.39 is 16.9 Å². The number of benzene rings is 2. The van der Waals surface area contributed by atoms with E-state index in [1.54, 1.807) is 25.1 Å². The predicted molar refractivity (Wildman–Crippen MR) is 87.2 cm³/mol. The molecule has 6 heteroatoms. The summed E-state index contributed by atoms with van der Waals surface area (Å²) in [5.41, 5.74) is 0.901. The summed E-state index contributed by atoms with van der Waals surface area (Å²) in [7, 11) is 0. The molecular weight excluding hydrogens is 328 g/mol. The highest BCUT2D eigenvalue weighted by atomic mass is 35.5. The molecule has 0 bridgehead atoms. The number of hydrogen-bond acceptors (Lipinski definition) is 2. The quantitative estimate of drug-likeness (QED) is 0.839. The van der Waals surface area contributed by atoms with Gasteiger partial charge in [-0.15, -0.1) is 11.8 Å². The first-order valence-electron chi connectivity index (χ1n) is 6.58. The number of anilines is 1. The van der Waals surface area contributed by atoms with Crippen molar-refractivity contribution in [3.05, 3.63) is 64.7 Å². The Bertz CT molecular complexity index is 681. The highest BCUT2D eigenvalue weighted by molar-refractivity contribution is 7.99. The van der Waals surface area contributed by atoms with Gasteiger partial charge in [0.1, 0.15) is 11.6 Å². The lowest BCUT2D eigenvalue weighted by atomic mass is 10.2. The van der Waals surface area contributed by atoms with Gasteiger partial charge in [0.15, 0.2) is 0 Å². The Balaban J connectivity index is 1.93. The minimum absolute atomic E-state index is 0.153. The van der Waals surface area contributed by atoms with Crippen molar-refractivity contribution in [3.8, 4) is 0 Å². The highest BCUT2D eigenvalue weighted by Crippen LogP contribution is 2.25. The van der Waals surface area contributed by atoms with Crippen LogP contribution in [0, 0.1) is 11.6 Å². The van der Waals surface area contributed by atoms with E-state index >= 15 is 0 Å². The van der Waals surface area contributed by atoms with E-state index in [0.29, 0.717) is 10.8 Å². The first-order chi connectivity index (χ1) is 10.5. The van der Waals surface area contributed by atoms with E-state index in [1.165, 1.54) is 36.0 Å². The maximum atomic E-state index is 13.5. The van der Waals surface area contributed by atoms with Gasteiger partial charge in [-0.05, 0) is 36.8 Å². The average Bonchev–Trinajstić information content (AvgIpc) is 2.48. The van der Waals surface area contributed by atoms with Gasteiger partial charge in [0.2, 0.25) is 5.91 Å². The second kappa shape index (κ2) is 7.61. The lowest BCUT2D eigenvalue weighted by molar-refractivity contribution is -0.115. The van der Waals surface area contributed by atoms with Gasteiger partial charge in [0, 0.05) is 10.8 Å². The molecule has 1 N–H and O–H groups in total. The Kier molecular flexibility index (Phi) is 5.80. The third-order valence-corrected chi connectivity index (χ3v) is 4.55. The third-order valence-electron chi connectivity index (χ3n) is 3.00. The molecule has 1 atom stereocenters. The molecule has 2 nitrogen and oxygen atoms in total. The number of nitrogens with one attached hydrogen (secondary N) is 1. The summed E-state index contributed by atoms with van der Waals surface area (Å²) >= 11 is 7.28. The van der Waals surface area contributed by atoms with Crippen LogP contribution in [-0.4, -0.2) is 11.2 Å². The monoisotopic (exact) mass is 341 g/mol. The molecule has 2 aromatic rings. The van der Waals surface area contributed by atoms with Crippen molar-refractivity contribution in [2.24, 2.45) is 0 Å². The van der Waals surface area contributed by atoms with Crippen LogP contribution in [-0.2, 0) is 10.5 Å². The van der Waals surface area contributed by atoms with Crippen molar-refractivity contribution < 1.29 is 13.6 Å². The van der Waals surface area contributed by atoms with E-state index in [0.717, 1.165) is 5.56 Å². The van der Waals surface area contributed by atoms with Crippen molar-refractivity contribution in [2.45, 2.75) is 17.9 Å². The molecule has 116 valence electrons. The molecule has 0 aliphatic heterocycles. The maximum absolute atomic E-state index is 13.5. The normalized spacial score (nSPS) is 12.0. The van der Waals surface area contributed by atoms with E-state index in [4.69, 9.17) is 11.6 Å². The molecule has 0 radical (unpaired) electrons. The molecule has 0 fully saturated rings. The van der Waals surface area contributed by atoms with Crippen molar-refractivity contribution in [1.29, 1.82) is 0 Å². The molecule has 0 aliphatic carbocycles. The molecular formula is C16H14ClF2NOS. The summed E-state index contributed by atoms with van der Waals surface area (Å²) in [6.07, 6.45) is 0. The zero-order valence-electron chi connectivity index (χ0n) is 11.8. The summed E-state index contributed by atoms with van der Waals surface area (Å²) in [5.74, 6) is -0.711. The van der Waals surface area contributed by atoms with E-state index in [-0.39, 0.29) is 11.6 Å². The second-order valence-electron chi connectivity index (χ2n) is 4.66. The van der Waals surface area contributed by atoms with E-state index in [1.807, 2.05) is 0 Å². The fourth-order valence-electron chi connectivity index (χ4n) is 1.73. The molecule has 2 aromatic carbocycles. The van der Waals surface area contributed by atoms with E-state index in [9.17, 15) is 13.6 Å². The predicted octanol–water partition coefficient (Wildman–Crippen LogP) is 4.88. The topological polar surface area (TPSA) is 29.1 Å². The fraction of sp³-hybridized carbons (Fsp3) is 0.188. The molecule has 0 heterocycles. The number of carbonyl (C=O) groups excluding carboxylic acids is 1. The van der Waals surface area contributed by atoms with Gasteiger partial charge in [-0.2, -0.15) is 0 Å². The van der Waals surface area contributed by atoms with Crippen molar-refractivity contribution >= 4 is 35.0 Å². The van der Waals surface area contributed by atoms with Gasteiger partial charge in [0.25, 0.3) is 0 Å². The van der Waals surface area contributed by atoms with Gasteiger partial charge >= 0.3 is 0 Å². The average molecular weight is 342 g/mol. The number of hydrogen-bond donors (Lipinski definition) is 1. The zero-order valence-corrected chi connectivity index (χ0v) is 13.3. The first-order valence-corrected chi connectivity index (χ1v) is 8.01. The van der Waals surface area contributed by atoms with Gasteiger partial charge in [-0.1, -0.05) is 29.8 Å². The summed E-state index contributed by atoms with van der Waals surface area (Å²) in [6, 6.07) is 10.1. The van der Waals surface area contributed by atoms with Gasteiger partial charge in [-0.3, -0.25) is 4.79 Å². The molecule has 0 spiro atoms. The summed E-state index contributed by atoms with van der Waals surface area (Å²) in [5, 5.41) is 2.47. The smallest absolute Gasteiger partial charge is 0.237 e. The van der Waals surface area contributed by atoms with Crippen LogP contribution in [0.1, 0.15) is 12.5 Å². The molecule has 0 saturated carbocycles.